The molecule has 4 aromatic rings. The van der Waals surface area contributed by atoms with Gasteiger partial charge in [0.2, 0.25) is 0 Å². The van der Waals surface area contributed by atoms with Crippen LogP contribution in [-0.2, 0) is 12.8 Å². The SMILES string of the molecule is NCCc1cccc(-c2ccc3cnn(-c4cccc(CCO)n4)c3c2)n1. The monoisotopic (exact) mass is 359 g/mol. The summed E-state index contributed by atoms with van der Waals surface area (Å²) in [7, 11) is 0. The predicted molar refractivity (Wildman–Crippen MR) is 106 cm³/mol. The molecule has 0 bridgehead atoms. The van der Waals surface area contributed by atoms with Crippen molar-refractivity contribution in [3.05, 3.63) is 72.2 Å². The summed E-state index contributed by atoms with van der Waals surface area (Å²) < 4.78 is 1.82. The van der Waals surface area contributed by atoms with Crippen LogP contribution in [0.25, 0.3) is 28.0 Å². The molecule has 0 spiro atoms. The van der Waals surface area contributed by atoms with Gasteiger partial charge in [0.1, 0.15) is 0 Å². The third-order valence-electron chi connectivity index (χ3n) is 4.45. The van der Waals surface area contributed by atoms with Crippen LogP contribution in [0.2, 0.25) is 0 Å². The van der Waals surface area contributed by atoms with E-state index in [1.807, 2.05) is 53.3 Å². The molecule has 4 rings (SSSR count). The molecule has 6 heteroatoms. The Morgan fingerprint density at radius 1 is 0.926 bits per heavy atom. The molecule has 1 aromatic carbocycles. The molecule has 3 heterocycles. The summed E-state index contributed by atoms with van der Waals surface area (Å²) in [4.78, 5) is 9.32. The standard InChI is InChI=1S/C21H21N5O/c22-11-9-17-3-1-5-19(24-17)15-7-8-16-14-23-26(20(16)13-15)21-6-2-4-18(25-21)10-12-27/h1-8,13-14,27H,9-12,22H2. The first-order chi connectivity index (χ1) is 13.3. The zero-order chi connectivity index (χ0) is 18.6. The number of pyridine rings is 2. The molecule has 0 aliphatic heterocycles. The third kappa shape index (κ3) is 3.58. The van der Waals surface area contributed by atoms with E-state index in [2.05, 4.69) is 22.2 Å². The minimum Gasteiger partial charge on any atom is -0.396 e. The van der Waals surface area contributed by atoms with Crippen molar-refractivity contribution >= 4 is 10.9 Å². The van der Waals surface area contributed by atoms with Gasteiger partial charge in [0.15, 0.2) is 5.82 Å². The molecule has 0 aliphatic carbocycles. The van der Waals surface area contributed by atoms with E-state index < -0.39 is 0 Å². The Bertz CT molecular complexity index is 1070. The minimum absolute atomic E-state index is 0.0747. The molecule has 27 heavy (non-hydrogen) atoms. The summed E-state index contributed by atoms with van der Waals surface area (Å²) in [5.74, 6) is 0.734. The molecule has 0 amide bonds. The third-order valence-corrected chi connectivity index (χ3v) is 4.45. The van der Waals surface area contributed by atoms with Crippen LogP contribution < -0.4 is 5.73 Å². The van der Waals surface area contributed by atoms with E-state index in [-0.39, 0.29) is 6.61 Å². The second-order valence-electron chi connectivity index (χ2n) is 6.34. The van der Waals surface area contributed by atoms with Gasteiger partial charge in [-0.15, -0.1) is 0 Å². The largest absolute Gasteiger partial charge is 0.396 e. The Morgan fingerprint density at radius 2 is 1.74 bits per heavy atom. The molecule has 0 unspecified atom stereocenters. The first-order valence-electron chi connectivity index (χ1n) is 9.00. The fraction of sp³-hybridized carbons (Fsp3) is 0.190. The molecule has 0 aliphatic rings. The Morgan fingerprint density at radius 3 is 2.56 bits per heavy atom. The van der Waals surface area contributed by atoms with Crippen LogP contribution in [0.15, 0.2) is 60.8 Å². The van der Waals surface area contributed by atoms with Gasteiger partial charge in [-0.25, -0.2) is 9.67 Å². The smallest absolute Gasteiger partial charge is 0.154 e. The van der Waals surface area contributed by atoms with Crippen molar-refractivity contribution in [3.63, 3.8) is 0 Å². The van der Waals surface area contributed by atoms with Gasteiger partial charge in [-0.05, 0) is 36.9 Å². The first kappa shape index (κ1) is 17.3. The van der Waals surface area contributed by atoms with Crippen molar-refractivity contribution in [3.8, 4) is 17.1 Å². The lowest BCUT2D eigenvalue weighted by Crippen LogP contribution is -2.04. The van der Waals surface area contributed by atoms with Crippen molar-refractivity contribution in [1.82, 2.24) is 19.7 Å². The van der Waals surface area contributed by atoms with Crippen LogP contribution in [-0.4, -0.2) is 38.0 Å². The molecule has 3 N–H and O–H groups in total. The summed E-state index contributed by atoms with van der Waals surface area (Å²) in [6.07, 6.45) is 3.11. The summed E-state index contributed by atoms with van der Waals surface area (Å²) in [6.45, 7) is 0.656. The lowest BCUT2D eigenvalue weighted by molar-refractivity contribution is 0.298. The quantitative estimate of drug-likeness (QED) is 0.552. The number of aliphatic hydroxyl groups excluding tert-OH is 1. The Labute approximate surface area is 157 Å². The topological polar surface area (TPSA) is 89.8 Å². The number of aromatic nitrogens is 4. The van der Waals surface area contributed by atoms with Gasteiger partial charge in [0.25, 0.3) is 0 Å². The van der Waals surface area contributed by atoms with Crippen LogP contribution in [0.5, 0.6) is 0 Å². The van der Waals surface area contributed by atoms with Crippen LogP contribution in [0.4, 0.5) is 0 Å². The summed E-state index contributed by atoms with van der Waals surface area (Å²) in [5, 5.41) is 14.7. The molecule has 0 atom stereocenters. The van der Waals surface area contributed by atoms with Crippen molar-refractivity contribution in [2.75, 3.05) is 13.2 Å². The van der Waals surface area contributed by atoms with E-state index in [4.69, 9.17) is 15.8 Å². The van der Waals surface area contributed by atoms with Crippen LogP contribution in [0.3, 0.4) is 0 Å². The van der Waals surface area contributed by atoms with Crippen LogP contribution in [0.1, 0.15) is 11.4 Å². The zero-order valence-electron chi connectivity index (χ0n) is 14.9. The van der Waals surface area contributed by atoms with Gasteiger partial charge in [-0.1, -0.05) is 24.3 Å². The first-order valence-corrected chi connectivity index (χ1v) is 9.00. The zero-order valence-corrected chi connectivity index (χ0v) is 14.9. The number of hydrogen-bond donors (Lipinski definition) is 2. The molecule has 6 nitrogen and oxygen atoms in total. The van der Waals surface area contributed by atoms with Crippen molar-refractivity contribution in [2.45, 2.75) is 12.8 Å². The Balaban J connectivity index is 1.78. The number of fused-ring (bicyclic) bond motifs is 1. The van der Waals surface area contributed by atoms with Gasteiger partial charge in [-0.3, -0.25) is 4.98 Å². The van der Waals surface area contributed by atoms with E-state index in [0.29, 0.717) is 13.0 Å². The second kappa shape index (κ2) is 7.65. The molecule has 3 aromatic heterocycles. The molecule has 0 fully saturated rings. The molecular formula is C21H21N5O. The van der Waals surface area contributed by atoms with E-state index in [0.717, 1.165) is 45.8 Å². The minimum atomic E-state index is 0.0747. The number of nitrogens with two attached hydrogens (primary N) is 1. The van der Waals surface area contributed by atoms with Crippen molar-refractivity contribution < 1.29 is 5.11 Å². The number of aliphatic hydroxyl groups is 1. The lowest BCUT2D eigenvalue weighted by atomic mass is 10.1. The molecular weight excluding hydrogens is 338 g/mol. The molecule has 0 radical (unpaired) electrons. The molecule has 0 saturated carbocycles. The van der Waals surface area contributed by atoms with Crippen LogP contribution >= 0.6 is 0 Å². The highest BCUT2D eigenvalue weighted by molar-refractivity contribution is 5.84. The Hall–Kier alpha value is -3.09. The molecule has 0 saturated heterocycles. The van der Waals surface area contributed by atoms with Gasteiger partial charge in [-0.2, -0.15) is 5.10 Å². The predicted octanol–water partition coefficient (Wildman–Crippen LogP) is 2.52. The van der Waals surface area contributed by atoms with E-state index in [1.165, 1.54) is 0 Å². The number of benzene rings is 1. The fourth-order valence-corrected chi connectivity index (χ4v) is 3.13. The fourth-order valence-electron chi connectivity index (χ4n) is 3.13. The van der Waals surface area contributed by atoms with Crippen molar-refractivity contribution in [2.24, 2.45) is 5.73 Å². The van der Waals surface area contributed by atoms with Gasteiger partial charge in [0, 0.05) is 41.8 Å². The average Bonchev–Trinajstić information content (AvgIpc) is 3.12. The summed E-state index contributed by atoms with van der Waals surface area (Å²) in [6, 6.07) is 17.9. The maximum Gasteiger partial charge on any atom is 0.154 e. The highest BCUT2D eigenvalue weighted by Gasteiger charge is 2.09. The van der Waals surface area contributed by atoms with Crippen LogP contribution in [0, 0.1) is 0 Å². The van der Waals surface area contributed by atoms with Gasteiger partial charge < -0.3 is 10.8 Å². The summed E-state index contributed by atoms with van der Waals surface area (Å²) >= 11 is 0. The Kier molecular flexibility index (Phi) is 4.91. The highest BCUT2D eigenvalue weighted by Crippen LogP contribution is 2.25. The number of hydrogen-bond acceptors (Lipinski definition) is 5. The summed E-state index contributed by atoms with van der Waals surface area (Å²) in [5.41, 5.74) is 10.4. The maximum atomic E-state index is 9.16. The second-order valence-corrected chi connectivity index (χ2v) is 6.34. The maximum absolute atomic E-state index is 9.16. The molecule has 136 valence electrons. The highest BCUT2D eigenvalue weighted by atomic mass is 16.3. The van der Waals surface area contributed by atoms with E-state index >= 15 is 0 Å². The van der Waals surface area contributed by atoms with Gasteiger partial charge in [0.05, 0.1) is 17.4 Å². The number of nitrogens with zero attached hydrogens (tertiary/aromatic N) is 4. The van der Waals surface area contributed by atoms with E-state index in [1.54, 1.807) is 0 Å². The van der Waals surface area contributed by atoms with Gasteiger partial charge >= 0.3 is 0 Å². The van der Waals surface area contributed by atoms with E-state index in [9.17, 15) is 0 Å². The number of rotatable bonds is 6. The lowest BCUT2D eigenvalue weighted by Gasteiger charge is -2.07. The normalized spacial score (nSPS) is 11.2. The average molecular weight is 359 g/mol. The van der Waals surface area contributed by atoms with Crippen molar-refractivity contribution in [1.29, 1.82) is 0 Å².